The van der Waals surface area contributed by atoms with Crippen LogP contribution in [0.1, 0.15) is 86.2 Å². The molecule has 4 N–H and O–H groups in total. The third kappa shape index (κ3) is 11.0. The normalized spacial score (nSPS) is 12.4. The van der Waals surface area contributed by atoms with Crippen molar-refractivity contribution in [3.05, 3.63) is 47.1 Å². The number of unbranched alkanes of at least 4 members (excludes halogenated alkanes) is 1. The van der Waals surface area contributed by atoms with E-state index in [4.69, 9.17) is 23.5 Å². The Labute approximate surface area is 282 Å². The number of benzene rings is 1. The van der Waals surface area contributed by atoms with E-state index in [1.165, 1.54) is 24.9 Å². The molecule has 0 aliphatic rings. The summed E-state index contributed by atoms with van der Waals surface area (Å²) in [5, 5.41) is 28.6. The summed E-state index contributed by atoms with van der Waals surface area (Å²) in [5.41, 5.74) is 1.11. The van der Waals surface area contributed by atoms with Crippen LogP contribution in [0.4, 0.5) is 4.79 Å². The zero-order valence-corrected chi connectivity index (χ0v) is 30.5. The summed E-state index contributed by atoms with van der Waals surface area (Å²) < 4.78 is 22.7. The third-order valence-electron chi connectivity index (χ3n) is 8.58. The number of carboxylic acids is 1. The number of ether oxygens (including phenoxy) is 2. The highest BCUT2D eigenvalue weighted by atomic mass is 32.2. The molecule has 0 fully saturated rings. The molecule has 0 saturated carbocycles. The Morgan fingerprint density at radius 2 is 1.91 bits per heavy atom. The summed E-state index contributed by atoms with van der Waals surface area (Å²) in [6, 6.07) is 1.04. The van der Waals surface area contributed by atoms with Crippen LogP contribution in [0.25, 0.3) is 0 Å². The van der Waals surface area contributed by atoms with Gasteiger partial charge in [0.1, 0.15) is 24.1 Å². The van der Waals surface area contributed by atoms with Gasteiger partial charge in [0, 0.05) is 41.7 Å². The van der Waals surface area contributed by atoms with Crippen LogP contribution in [0.15, 0.2) is 23.2 Å². The van der Waals surface area contributed by atoms with Crippen LogP contribution in [-0.4, -0.2) is 72.7 Å². The summed E-state index contributed by atoms with van der Waals surface area (Å²) in [6.45, 7) is 18.1. The summed E-state index contributed by atoms with van der Waals surface area (Å²) in [5.74, 6) is 0.628. The Kier molecular flexibility index (Phi) is 15.3. The van der Waals surface area contributed by atoms with Gasteiger partial charge in [-0.05, 0) is 43.8 Å². The van der Waals surface area contributed by atoms with Gasteiger partial charge in [-0.1, -0.05) is 45.5 Å². The van der Waals surface area contributed by atoms with E-state index in [-0.39, 0.29) is 65.9 Å². The van der Waals surface area contributed by atoms with Crippen molar-refractivity contribution < 1.29 is 43.0 Å². The minimum Gasteiger partial charge on any atom is -0.543 e. The zero-order valence-electron chi connectivity index (χ0n) is 28.7. The third-order valence-corrected chi connectivity index (χ3v) is 14.1. The monoisotopic (exact) mass is 694 g/mol. The molecule has 0 radical (unpaired) electrons. The number of aromatic nitrogens is 2. The molecule has 262 valence electrons. The van der Waals surface area contributed by atoms with Crippen molar-refractivity contribution in [3.8, 4) is 11.5 Å². The molecule has 0 spiro atoms. The molecule has 0 saturated heterocycles. The largest absolute Gasteiger partial charge is 0.543 e. The van der Waals surface area contributed by atoms with Gasteiger partial charge in [-0.15, -0.1) is 0 Å². The number of alkyl carbamates (subject to hydrolysis) is 1. The van der Waals surface area contributed by atoms with Crippen molar-refractivity contribution in [3.63, 3.8) is 0 Å². The minimum atomic E-state index is -2.46. The molecule has 1 heterocycles. The van der Waals surface area contributed by atoms with Crippen LogP contribution in [-0.2, 0) is 21.8 Å². The Balaban J connectivity index is 2.40. The Morgan fingerprint density at radius 1 is 1.21 bits per heavy atom. The van der Waals surface area contributed by atoms with Crippen LogP contribution in [0, 0.1) is 12.8 Å². The number of rotatable bonds is 20. The lowest BCUT2D eigenvalue weighted by atomic mass is 9.99. The predicted molar refractivity (Wildman–Crippen MR) is 182 cm³/mol. The highest BCUT2D eigenvalue weighted by molar-refractivity contribution is 7.98. The second kappa shape index (κ2) is 18.1. The second-order valence-corrected chi connectivity index (χ2v) is 18.0. The lowest BCUT2D eigenvalue weighted by Crippen LogP contribution is -2.48. The summed E-state index contributed by atoms with van der Waals surface area (Å²) in [6.07, 6.45) is 1.92. The van der Waals surface area contributed by atoms with Gasteiger partial charge in [-0.25, -0.2) is 9.59 Å². The van der Waals surface area contributed by atoms with E-state index in [0.717, 1.165) is 0 Å². The first kappa shape index (κ1) is 39.6. The summed E-state index contributed by atoms with van der Waals surface area (Å²) in [4.78, 5) is 41.6. The van der Waals surface area contributed by atoms with Crippen molar-refractivity contribution in [1.29, 1.82) is 0 Å². The van der Waals surface area contributed by atoms with Crippen molar-refractivity contribution in [2.45, 2.75) is 90.4 Å². The van der Waals surface area contributed by atoms with E-state index in [2.05, 4.69) is 68.1 Å². The van der Waals surface area contributed by atoms with Crippen molar-refractivity contribution in [2.24, 2.45) is 5.92 Å². The maximum absolute atomic E-state index is 12.8. The fraction of sp³-hybridized carbons (Fsp3) is 0.594. The number of carbonyl (C=O) groups excluding carboxylic acids is 2. The number of hydrogen-bond acceptors (Lipinski definition) is 11. The lowest BCUT2D eigenvalue weighted by molar-refractivity contribution is -0.122. The number of nitrogens with one attached hydrogen (secondary N) is 2. The van der Waals surface area contributed by atoms with Crippen LogP contribution in [0.5, 0.6) is 11.5 Å². The predicted octanol–water partition coefficient (Wildman–Crippen LogP) is 5.77. The first-order chi connectivity index (χ1) is 22.1. The number of aliphatic hydroxyl groups excluding tert-OH is 1. The van der Waals surface area contributed by atoms with Gasteiger partial charge >= 0.3 is 12.1 Å². The van der Waals surface area contributed by atoms with E-state index in [1.807, 2.05) is 0 Å². The minimum absolute atomic E-state index is 0.0204. The molecule has 1 atom stereocenters. The van der Waals surface area contributed by atoms with Crippen LogP contribution >= 0.6 is 11.8 Å². The molecule has 0 aliphatic heterocycles. The average Bonchev–Trinajstić information content (AvgIpc) is 3.48. The number of nitrogens with zero attached hydrogens (tertiary/aromatic N) is 2. The average molecular weight is 695 g/mol. The highest BCUT2D eigenvalue weighted by Gasteiger charge is 2.45. The number of amides is 2. The van der Waals surface area contributed by atoms with Crippen molar-refractivity contribution >= 4 is 38.0 Å². The molecule has 1 aromatic heterocycles. The first-order valence-electron chi connectivity index (χ1n) is 15.5. The zero-order chi connectivity index (χ0) is 35.4. The van der Waals surface area contributed by atoms with E-state index in [9.17, 15) is 19.5 Å². The SMILES string of the molecule is C=CCOC(=O)NCc1noc([C@H](CSCc2c(O[Si](C)(C)C(C)(C)C(C)C)cc(OC)c(C)c2C(=O)O)NC(=O)CCCCO)n1. The number of methoxy groups -OCH3 is 1. The van der Waals surface area contributed by atoms with Gasteiger partial charge in [0.15, 0.2) is 5.82 Å². The quantitative estimate of drug-likeness (QED) is 0.0747. The molecule has 2 rings (SSSR count). The van der Waals surface area contributed by atoms with Crippen LogP contribution in [0.2, 0.25) is 18.1 Å². The molecular weight excluding hydrogens is 645 g/mol. The molecule has 47 heavy (non-hydrogen) atoms. The number of carbonyl (C=O) groups is 3. The maximum atomic E-state index is 12.8. The molecule has 1 aromatic carbocycles. The topological polar surface area (TPSA) is 182 Å². The van der Waals surface area contributed by atoms with Gasteiger partial charge < -0.3 is 39.3 Å². The smallest absolute Gasteiger partial charge is 0.407 e. The number of carboxylic acid groups (broad SMARTS) is 1. The fourth-order valence-electron chi connectivity index (χ4n) is 4.56. The highest BCUT2D eigenvalue weighted by Crippen LogP contribution is 2.47. The standard InChI is InChI=1S/C32H50N4O9SSi/c1-10-15-43-31(41)33-17-26-35-29(44-36-26)23(34-27(38)13-11-12-14-37)19-46-18-22-25(45-47(8,9)32(5,6)20(2)3)16-24(42-7)21(4)28(22)30(39)40/h10,16,20,23,37H,1,11-15,17-19H2,2-9H3,(H,33,41)(H,34,38)(H,39,40)/t23-/m0/s1. The lowest BCUT2D eigenvalue weighted by Gasteiger charge is -2.43. The van der Waals surface area contributed by atoms with E-state index >= 15 is 0 Å². The van der Waals surface area contributed by atoms with E-state index < -0.39 is 26.4 Å². The number of aliphatic hydroxyl groups is 1. The molecule has 0 aliphatic carbocycles. The number of thioether (sulfide) groups is 1. The molecule has 2 amide bonds. The van der Waals surface area contributed by atoms with Crippen molar-refractivity contribution in [1.82, 2.24) is 20.8 Å². The summed E-state index contributed by atoms with van der Waals surface area (Å²) in [7, 11) is -0.960. The van der Waals surface area contributed by atoms with E-state index in [0.29, 0.717) is 41.4 Å². The van der Waals surface area contributed by atoms with E-state index in [1.54, 1.807) is 13.0 Å². The van der Waals surface area contributed by atoms with Gasteiger partial charge in [0.25, 0.3) is 8.32 Å². The molecule has 0 bridgehead atoms. The first-order valence-corrected chi connectivity index (χ1v) is 19.6. The second-order valence-electron chi connectivity index (χ2n) is 12.5. The summed E-state index contributed by atoms with van der Waals surface area (Å²) >= 11 is 1.37. The van der Waals surface area contributed by atoms with Crippen LogP contribution in [0.3, 0.4) is 0 Å². The molecule has 15 heteroatoms. The Morgan fingerprint density at radius 3 is 2.51 bits per heavy atom. The molecule has 13 nitrogen and oxygen atoms in total. The van der Waals surface area contributed by atoms with Gasteiger partial charge in [0.05, 0.1) is 19.2 Å². The molecular formula is C32H50N4O9SSi. The molecule has 2 aromatic rings. The number of hydrogen-bond donors (Lipinski definition) is 4. The Hall–Kier alpha value is -3.56. The fourth-order valence-corrected chi connectivity index (χ4v) is 8.02. The van der Waals surface area contributed by atoms with Crippen LogP contribution < -0.4 is 19.8 Å². The van der Waals surface area contributed by atoms with Gasteiger partial charge in [-0.3, -0.25) is 4.79 Å². The molecule has 0 unspecified atom stereocenters. The van der Waals surface area contributed by atoms with Gasteiger partial charge in [0.2, 0.25) is 11.8 Å². The maximum Gasteiger partial charge on any atom is 0.407 e. The van der Waals surface area contributed by atoms with Gasteiger partial charge in [-0.2, -0.15) is 16.7 Å². The Bertz CT molecular complexity index is 1380. The van der Waals surface area contributed by atoms with Crippen molar-refractivity contribution in [2.75, 3.05) is 26.1 Å². The number of aromatic carboxylic acids is 1.